The van der Waals surface area contributed by atoms with Crippen LogP contribution in [0.15, 0.2) is 18.2 Å². The van der Waals surface area contributed by atoms with Gasteiger partial charge < -0.3 is 10.6 Å². The molecule has 3 atom stereocenters. The first-order valence-electron chi connectivity index (χ1n) is 9.55. The van der Waals surface area contributed by atoms with E-state index in [1.165, 1.54) is 19.3 Å². The molecule has 3 nitrogen and oxygen atoms in total. The third-order valence-corrected chi connectivity index (χ3v) is 7.37. The summed E-state index contributed by atoms with van der Waals surface area (Å²) in [6.07, 6.45) is 7.66. The highest BCUT2D eigenvalue weighted by Gasteiger charge is 2.43. The van der Waals surface area contributed by atoms with Gasteiger partial charge in [-0.2, -0.15) is 0 Å². The van der Waals surface area contributed by atoms with Crippen LogP contribution in [0.3, 0.4) is 0 Å². The summed E-state index contributed by atoms with van der Waals surface area (Å²) in [5, 5.41) is 1.13. The number of nitrogens with two attached hydrogens (primary N) is 1. The largest absolute Gasteiger partial charge is 0.335 e. The molecule has 1 amide bonds. The van der Waals surface area contributed by atoms with Gasteiger partial charge in [-0.15, -0.1) is 0 Å². The van der Waals surface area contributed by atoms with Gasteiger partial charge in [-0.1, -0.05) is 35.7 Å². The van der Waals surface area contributed by atoms with Crippen LogP contribution in [0.1, 0.15) is 56.6 Å². The van der Waals surface area contributed by atoms with Crippen LogP contribution in [-0.2, 0) is 4.79 Å². The van der Waals surface area contributed by atoms with Crippen LogP contribution in [0.5, 0.6) is 0 Å². The molecule has 1 saturated heterocycles. The summed E-state index contributed by atoms with van der Waals surface area (Å²) in [4.78, 5) is 15.4. The molecule has 2 saturated carbocycles. The number of carbonyl (C=O) groups excluding carboxylic acids is 1. The first-order valence-corrected chi connectivity index (χ1v) is 10.3. The maximum atomic E-state index is 13.3. The van der Waals surface area contributed by atoms with E-state index in [2.05, 4.69) is 4.90 Å². The van der Waals surface area contributed by atoms with E-state index < -0.39 is 0 Å². The molecule has 3 aliphatic rings. The highest BCUT2D eigenvalue weighted by molar-refractivity contribution is 6.42. The van der Waals surface area contributed by atoms with Crippen LogP contribution in [0.25, 0.3) is 0 Å². The van der Waals surface area contributed by atoms with Crippen LogP contribution < -0.4 is 5.73 Å². The zero-order chi connectivity index (χ0) is 17.6. The number of likely N-dealkylation sites (tertiary alicyclic amines) is 1. The van der Waals surface area contributed by atoms with Crippen LogP contribution in [0, 0.1) is 17.8 Å². The maximum Gasteiger partial charge on any atom is 0.226 e. The van der Waals surface area contributed by atoms with Crippen molar-refractivity contribution < 1.29 is 4.79 Å². The molecule has 1 aromatic carbocycles. The van der Waals surface area contributed by atoms with Crippen LogP contribution in [-0.4, -0.2) is 23.4 Å². The Balaban J connectivity index is 1.52. The predicted molar refractivity (Wildman–Crippen MR) is 102 cm³/mol. The Morgan fingerprint density at radius 3 is 2.44 bits per heavy atom. The zero-order valence-corrected chi connectivity index (χ0v) is 16.0. The third kappa shape index (κ3) is 3.31. The molecule has 1 aliphatic heterocycles. The molecule has 5 heteroatoms. The van der Waals surface area contributed by atoms with Crippen molar-refractivity contribution in [3.8, 4) is 0 Å². The lowest BCUT2D eigenvalue weighted by molar-refractivity contribution is -0.139. The number of fused-ring (bicyclic) bond motifs is 2. The van der Waals surface area contributed by atoms with E-state index in [4.69, 9.17) is 28.9 Å². The summed E-state index contributed by atoms with van der Waals surface area (Å²) in [5.74, 6) is 1.55. The minimum atomic E-state index is 0.137. The van der Waals surface area contributed by atoms with E-state index in [9.17, 15) is 4.79 Å². The van der Waals surface area contributed by atoms with E-state index in [-0.39, 0.29) is 12.0 Å². The molecule has 3 unspecified atom stereocenters. The maximum absolute atomic E-state index is 13.3. The minimum absolute atomic E-state index is 0.137. The number of nitrogens with zero attached hydrogens (tertiary/aromatic N) is 1. The fourth-order valence-electron chi connectivity index (χ4n) is 5.32. The smallest absolute Gasteiger partial charge is 0.226 e. The summed E-state index contributed by atoms with van der Waals surface area (Å²) in [6, 6.07) is 6.21. The topological polar surface area (TPSA) is 46.3 Å². The van der Waals surface area contributed by atoms with Crippen molar-refractivity contribution in [2.24, 2.45) is 23.5 Å². The van der Waals surface area contributed by atoms with Gasteiger partial charge in [-0.05, 0) is 68.1 Å². The number of benzene rings is 1. The normalized spacial score (nSPS) is 35.0. The Morgan fingerprint density at radius 2 is 1.76 bits per heavy atom. The minimum Gasteiger partial charge on any atom is -0.335 e. The van der Waals surface area contributed by atoms with Gasteiger partial charge in [0.2, 0.25) is 5.91 Å². The molecule has 2 N–H and O–H groups in total. The van der Waals surface area contributed by atoms with E-state index in [1.807, 2.05) is 18.2 Å². The number of amides is 1. The SMILES string of the molecule is NC1C2CCCC1CC(C(=O)N1CCCC1c1ccc(Cl)c(Cl)c1)C2. The summed E-state index contributed by atoms with van der Waals surface area (Å²) in [7, 11) is 0. The van der Waals surface area contributed by atoms with Gasteiger partial charge in [0.05, 0.1) is 16.1 Å². The molecule has 3 fully saturated rings. The first kappa shape index (κ1) is 17.6. The Bertz CT molecular complexity index is 651. The van der Waals surface area contributed by atoms with Gasteiger partial charge in [0, 0.05) is 18.5 Å². The molecule has 1 heterocycles. The second kappa shape index (κ2) is 7.09. The van der Waals surface area contributed by atoms with E-state index in [0.29, 0.717) is 33.8 Å². The number of halogens is 2. The molecule has 136 valence electrons. The molecule has 1 aromatic rings. The van der Waals surface area contributed by atoms with Crippen molar-refractivity contribution >= 4 is 29.1 Å². The molecule has 2 bridgehead atoms. The Morgan fingerprint density at radius 1 is 1.04 bits per heavy atom. The highest BCUT2D eigenvalue weighted by atomic mass is 35.5. The van der Waals surface area contributed by atoms with Gasteiger partial charge in [0.25, 0.3) is 0 Å². The third-order valence-electron chi connectivity index (χ3n) is 6.63. The van der Waals surface area contributed by atoms with E-state index in [1.54, 1.807) is 0 Å². The average Bonchev–Trinajstić information content (AvgIpc) is 3.06. The molecular formula is C20H26Cl2N2O. The number of hydrogen-bond donors (Lipinski definition) is 1. The summed E-state index contributed by atoms with van der Waals surface area (Å²) in [5.41, 5.74) is 7.50. The molecule has 25 heavy (non-hydrogen) atoms. The van der Waals surface area contributed by atoms with Crippen molar-refractivity contribution in [2.75, 3.05) is 6.54 Å². The van der Waals surface area contributed by atoms with Crippen molar-refractivity contribution in [3.05, 3.63) is 33.8 Å². The second-order valence-electron chi connectivity index (χ2n) is 8.06. The van der Waals surface area contributed by atoms with Gasteiger partial charge in [0.1, 0.15) is 0 Å². The van der Waals surface area contributed by atoms with Gasteiger partial charge in [-0.25, -0.2) is 0 Å². The Hall–Kier alpha value is -0.770. The lowest BCUT2D eigenvalue weighted by Gasteiger charge is -2.44. The van der Waals surface area contributed by atoms with E-state index in [0.717, 1.165) is 37.8 Å². The predicted octanol–water partition coefficient (Wildman–Crippen LogP) is 4.81. The molecule has 4 rings (SSSR count). The standard InChI is InChI=1S/C20H26Cl2N2O/c21-16-7-6-12(11-17(16)22)18-5-2-8-24(18)20(25)15-9-13-3-1-4-14(10-15)19(13)23/h6-7,11,13-15,18-19H,1-5,8-10,23H2. The lowest BCUT2D eigenvalue weighted by Crippen LogP contribution is -2.49. The lowest BCUT2D eigenvalue weighted by atomic mass is 9.65. The molecule has 0 aromatic heterocycles. The van der Waals surface area contributed by atoms with Crippen LogP contribution in [0.4, 0.5) is 0 Å². The van der Waals surface area contributed by atoms with Crippen LogP contribution in [0.2, 0.25) is 10.0 Å². The quantitative estimate of drug-likeness (QED) is 0.799. The second-order valence-corrected chi connectivity index (χ2v) is 8.87. The molecule has 0 spiro atoms. The van der Waals surface area contributed by atoms with Gasteiger partial charge in [0.15, 0.2) is 0 Å². The number of carbonyl (C=O) groups is 1. The fourth-order valence-corrected chi connectivity index (χ4v) is 5.63. The molecular weight excluding hydrogens is 355 g/mol. The summed E-state index contributed by atoms with van der Waals surface area (Å²) >= 11 is 12.3. The summed E-state index contributed by atoms with van der Waals surface area (Å²) < 4.78 is 0. The van der Waals surface area contributed by atoms with Crippen molar-refractivity contribution in [1.29, 1.82) is 0 Å². The highest BCUT2D eigenvalue weighted by Crippen LogP contribution is 2.44. The zero-order valence-electron chi connectivity index (χ0n) is 14.5. The first-order chi connectivity index (χ1) is 12.0. The van der Waals surface area contributed by atoms with E-state index >= 15 is 0 Å². The Labute approximate surface area is 159 Å². The number of rotatable bonds is 2. The van der Waals surface area contributed by atoms with Crippen molar-refractivity contribution in [2.45, 2.75) is 57.0 Å². The van der Waals surface area contributed by atoms with Gasteiger partial charge in [-0.3, -0.25) is 4.79 Å². The van der Waals surface area contributed by atoms with Crippen LogP contribution >= 0.6 is 23.2 Å². The number of hydrogen-bond acceptors (Lipinski definition) is 2. The monoisotopic (exact) mass is 380 g/mol. The Kier molecular flexibility index (Phi) is 5.00. The molecule has 0 radical (unpaired) electrons. The summed E-state index contributed by atoms with van der Waals surface area (Å²) in [6.45, 7) is 0.849. The fraction of sp³-hybridized carbons (Fsp3) is 0.650. The van der Waals surface area contributed by atoms with Gasteiger partial charge >= 0.3 is 0 Å². The van der Waals surface area contributed by atoms with Crippen molar-refractivity contribution in [3.63, 3.8) is 0 Å². The molecule has 2 aliphatic carbocycles. The van der Waals surface area contributed by atoms with Crippen molar-refractivity contribution in [1.82, 2.24) is 4.90 Å². The average molecular weight is 381 g/mol.